The van der Waals surface area contributed by atoms with Gasteiger partial charge in [-0.1, -0.05) is 72.2 Å². The molecule has 0 bridgehead atoms. The molecule has 0 saturated carbocycles. The molecule has 0 aromatic heterocycles. The summed E-state index contributed by atoms with van der Waals surface area (Å²) in [7, 11) is 0. The molecule has 3 rings (SSSR count). The highest BCUT2D eigenvalue weighted by Crippen LogP contribution is 2.09. The standard InChI is InChI=1S/C23H14O/c24-18-23-13-7-6-12-22(23)17-16-21-11-5-4-10-20(21)15-14-19-8-2-1-3-9-19/h1-13,18H. The van der Waals surface area contributed by atoms with Gasteiger partial charge in [0.1, 0.15) is 0 Å². The molecule has 0 heterocycles. The molecule has 0 fully saturated rings. The lowest BCUT2D eigenvalue weighted by atomic mass is 10.1. The Labute approximate surface area is 142 Å². The third-order valence-electron chi connectivity index (χ3n) is 3.46. The highest BCUT2D eigenvalue weighted by molar-refractivity contribution is 5.79. The van der Waals surface area contributed by atoms with Crippen LogP contribution in [0.1, 0.15) is 32.6 Å². The van der Waals surface area contributed by atoms with Gasteiger partial charge in [0.15, 0.2) is 6.29 Å². The number of carbonyl (C=O) groups is 1. The van der Waals surface area contributed by atoms with Gasteiger partial charge in [-0.15, -0.1) is 0 Å². The number of carbonyl (C=O) groups excluding carboxylic acids is 1. The van der Waals surface area contributed by atoms with Crippen molar-refractivity contribution >= 4 is 6.29 Å². The first-order valence-corrected chi connectivity index (χ1v) is 7.59. The Hall–Kier alpha value is -3.55. The van der Waals surface area contributed by atoms with Crippen molar-refractivity contribution in [2.45, 2.75) is 0 Å². The van der Waals surface area contributed by atoms with Gasteiger partial charge >= 0.3 is 0 Å². The Morgan fingerprint density at radius 3 is 1.71 bits per heavy atom. The lowest BCUT2D eigenvalue weighted by Gasteiger charge is -1.97. The van der Waals surface area contributed by atoms with Gasteiger partial charge in [-0.3, -0.25) is 4.79 Å². The molecule has 112 valence electrons. The molecule has 1 heteroatoms. The van der Waals surface area contributed by atoms with Gasteiger partial charge in [0.05, 0.1) is 0 Å². The quantitative estimate of drug-likeness (QED) is 0.484. The molecule has 1 nitrogen and oxygen atoms in total. The number of aldehydes is 1. The molecule has 0 aliphatic rings. The minimum atomic E-state index is 0.595. The lowest BCUT2D eigenvalue weighted by Crippen LogP contribution is -1.87. The van der Waals surface area contributed by atoms with Crippen molar-refractivity contribution in [3.63, 3.8) is 0 Å². The molecule has 0 spiro atoms. The van der Waals surface area contributed by atoms with Crippen LogP contribution in [0.5, 0.6) is 0 Å². The van der Waals surface area contributed by atoms with Gasteiger partial charge in [-0.05, 0) is 30.3 Å². The molecule has 0 saturated heterocycles. The molecule has 0 N–H and O–H groups in total. The second kappa shape index (κ2) is 7.63. The van der Waals surface area contributed by atoms with E-state index in [0.29, 0.717) is 5.56 Å². The summed E-state index contributed by atoms with van der Waals surface area (Å²) >= 11 is 0. The van der Waals surface area contributed by atoms with Crippen molar-refractivity contribution in [1.29, 1.82) is 0 Å². The summed E-state index contributed by atoms with van der Waals surface area (Å²) in [6.07, 6.45) is 0.825. The molecule has 3 aromatic carbocycles. The highest BCUT2D eigenvalue weighted by atomic mass is 16.1. The zero-order valence-electron chi connectivity index (χ0n) is 13.0. The Morgan fingerprint density at radius 1 is 0.542 bits per heavy atom. The largest absolute Gasteiger partial charge is 0.298 e. The Morgan fingerprint density at radius 2 is 1.04 bits per heavy atom. The summed E-state index contributed by atoms with van der Waals surface area (Å²) in [4.78, 5) is 11.1. The van der Waals surface area contributed by atoms with E-state index in [-0.39, 0.29) is 0 Å². The average molecular weight is 306 g/mol. The Balaban J connectivity index is 1.96. The third kappa shape index (κ3) is 3.80. The first kappa shape index (κ1) is 15.3. The van der Waals surface area contributed by atoms with Crippen LogP contribution in [0.25, 0.3) is 0 Å². The first-order chi connectivity index (χ1) is 11.9. The number of benzene rings is 3. The predicted octanol–water partition coefficient (Wildman–Crippen LogP) is 4.30. The molecule has 0 aliphatic carbocycles. The van der Waals surface area contributed by atoms with Crippen LogP contribution in [0.15, 0.2) is 78.9 Å². The van der Waals surface area contributed by atoms with E-state index >= 15 is 0 Å². The fourth-order valence-electron chi connectivity index (χ4n) is 2.21. The van der Waals surface area contributed by atoms with Gasteiger partial charge < -0.3 is 0 Å². The highest BCUT2D eigenvalue weighted by Gasteiger charge is 1.98. The van der Waals surface area contributed by atoms with E-state index < -0.39 is 0 Å². The fraction of sp³-hybridized carbons (Fsp3) is 0. The molecule has 0 radical (unpaired) electrons. The number of hydrogen-bond acceptors (Lipinski definition) is 1. The van der Waals surface area contributed by atoms with Crippen LogP contribution < -0.4 is 0 Å². The molecular weight excluding hydrogens is 292 g/mol. The predicted molar refractivity (Wildman–Crippen MR) is 96.7 cm³/mol. The SMILES string of the molecule is O=Cc1ccccc1C#Cc1ccccc1C#Cc1ccccc1. The van der Waals surface area contributed by atoms with E-state index in [1.54, 1.807) is 6.07 Å². The zero-order chi connectivity index (χ0) is 16.6. The van der Waals surface area contributed by atoms with Gasteiger partial charge in [-0.2, -0.15) is 0 Å². The van der Waals surface area contributed by atoms with Crippen LogP contribution in [0.3, 0.4) is 0 Å². The smallest absolute Gasteiger partial charge is 0.151 e. The van der Waals surface area contributed by atoms with Crippen molar-refractivity contribution in [3.05, 3.63) is 107 Å². The maximum Gasteiger partial charge on any atom is 0.151 e. The molecule has 0 unspecified atom stereocenters. The second-order valence-corrected chi connectivity index (χ2v) is 5.12. The first-order valence-electron chi connectivity index (χ1n) is 7.59. The molecule has 24 heavy (non-hydrogen) atoms. The summed E-state index contributed by atoms with van der Waals surface area (Å²) in [5.41, 5.74) is 4.00. The van der Waals surface area contributed by atoms with Crippen molar-refractivity contribution in [2.24, 2.45) is 0 Å². The third-order valence-corrected chi connectivity index (χ3v) is 3.46. The normalized spacial score (nSPS) is 9.17. The van der Waals surface area contributed by atoms with Crippen LogP contribution in [-0.4, -0.2) is 6.29 Å². The summed E-state index contributed by atoms with van der Waals surface area (Å²) in [5.74, 6) is 12.5. The maximum absolute atomic E-state index is 11.1. The fourth-order valence-corrected chi connectivity index (χ4v) is 2.21. The van der Waals surface area contributed by atoms with E-state index in [1.165, 1.54) is 0 Å². The van der Waals surface area contributed by atoms with E-state index in [4.69, 9.17) is 0 Å². The van der Waals surface area contributed by atoms with Crippen LogP contribution >= 0.6 is 0 Å². The van der Waals surface area contributed by atoms with Crippen molar-refractivity contribution < 1.29 is 4.79 Å². The average Bonchev–Trinajstić information content (AvgIpc) is 2.66. The summed E-state index contributed by atoms with van der Waals surface area (Å²) in [5, 5.41) is 0. The molecule has 3 aromatic rings. The number of rotatable bonds is 1. The van der Waals surface area contributed by atoms with E-state index in [9.17, 15) is 4.79 Å². The van der Waals surface area contributed by atoms with Gasteiger partial charge in [0.2, 0.25) is 0 Å². The van der Waals surface area contributed by atoms with Crippen LogP contribution in [0, 0.1) is 23.7 Å². The van der Waals surface area contributed by atoms with Crippen LogP contribution in [0.4, 0.5) is 0 Å². The van der Waals surface area contributed by atoms with Gasteiger partial charge in [-0.25, -0.2) is 0 Å². The Kier molecular flexibility index (Phi) is 4.88. The summed E-state index contributed by atoms with van der Waals surface area (Å²) in [6, 6.07) is 24.9. The van der Waals surface area contributed by atoms with Crippen molar-refractivity contribution in [1.82, 2.24) is 0 Å². The summed E-state index contributed by atoms with van der Waals surface area (Å²) in [6.45, 7) is 0. The zero-order valence-corrected chi connectivity index (χ0v) is 13.0. The van der Waals surface area contributed by atoms with E-state index in [2.05, 4.69) is 23.7 Å². The van der Waals surface area contributed by atoms with Crippen molar-refractivity contribution in [3.8, 4) is 23.7 Å². The van der Waals surface area contributed by atoms with Crippen LogP contribution in [0.2, 0.25) is 0 Å². The second-order valence-electron chi connectivity index (χ2n) is 5.12. The molecule has 0 amide bonds. The van der Waals surface area contributed by atoms with Crippen molar-refractivity contribution in [2.75, 3.05) is 0 Å². The summed E-state index contributed by atoms with van der Waals surface area (Å²) < 4.78 is 0. The van der Waals surface area contributed by atoms with Gasteiger partial charge in [0, 0.05) is 27.8 Å². The molecule has 0 atom stereocenters. The molecular formula is C23H14O. The van der Waals surface area contributed by atoms with Crippen LogP contribution in [-0.2, 0) is 0 Å². The number of hydrogen-bond donors (Lipinski definition) is 0. The van der Waals surface area contributed by atoms with E-state index in [1.807, 2.05) is 72.8 Å². The maximum atomic E-state index is 11.1. The minimum absolute atomic E-state index is 0.595. The topological polar surface area (TPSA) is 17.1 Å². The van der Waals surface area contributed by atoms with E-state index in [0.717, 1.165) is 28.5 Å². The minimum Gasteiger partial charge on any atom is -0.298 e. The Bertz CT molecular complexity index is 977. The lowest BCUT2D eigenvalue weighted by molar-refractivity contribution is 0.112. The van der Waals surface area contributed by atoms with Gasteiger partial charge in [0.25, 0.3) is 0 Å². The monoisotopic (exact) mass is 306 g/mol. The molecule has 0 aliphatic heterocycles.